The maximum Gasteiger partial charge on any atom is 0.147 e. The minimum atomic E-state index is -0.710. The summed E-state index contributed by atoms with van der Waals surface area (Å²) in [6, 6.07) is 16.1. The molecule has 2 rings (SSSR count). The normalized spacial score (nSPS) is 11.7. The van der Waals surface area contributed by atoms with Crippen LogP contribution in [0.1, 0.15) is 25.0 Å². The summed E-state index contributed by atoms with van der Waals surface area (Å²) in [5, 5.41) is 18.3. The zero-order valence-corrected chi connectivity index (χ0v) is 11.8. The van der Waals surface area contributed by atoms with Gasteiger partial charge in [-0.1, -0.05) is 24.3 Å². The topological polar surface area (TPSA) is 47.3 Å². The predicted molar refractivity (Wildman–Crippen MR) is 80.7 cm³/mol. The fourth-order valence-electron chi connectivity index (χ4n) is 2.16. The molecule has 0 aliphatic rings. The second kappa shape index (κ2) is 6.87. The molecule has 108 valence electrons. The molecule has 0 aliphatic carbocycles. The Morgan fingerprint density at radius 2 is 1.95 bits per heavy atom. The van der Waals surface area contributed by atoms with Gasteiger partial charge < -0.3 is 10.0 Å². The van der Waals surface area contributed by atoms with E-state index in [1.54, 1.807) is 24.0 Å². The molecule has 0 saturated carbocycles. The summed E-state index contributed by atoms with van der Waals surface area (Å²) >= 11 is 0. The SMILES string of the molecule is C[C@H](O)c1ccc(N(CCC#N)c2ccccc2)c(F)c1. The van der Waals surface area contributed by atoms with Crippen molar-refractivity contribution in [1.29, 1.82) is 5.26 Å². The summed E-state index contributed by atoms with van der Waals surface area (Å²) in [6.45, 7) is 2.00. The molecule has 0 spiro atoms. The highest BCUT2D eigenvalue weighted by Gasteiger charge is 2.15. The lowest BCUT2D eigenvalue weighted by atomic mass is 10.1. The van der Waals surface area contributed by atoms with Crippen LogP contribution in [-0.4, -0.2) is 11.7 Å². The Balaban J connectivity index is 2.40. The zero-order valence-electron chi connectivity index (χ0n) is 11.8. The quantitative estimate of drug-likeness (QED) is 0.905. The van der Waals surface area contributed by atoms with Crippen molar-refractivity contribution in [3.63, 3.8) is 0 Å². The maximum absolute atomic E-state index is 14.3. The average Bonchev–Trinajstić information content (AvgIpc) is 2.50. The van der Waals surface area contributed by atoms with E-state index < -0.39 is 11.9 Å². The first-order valence-electron chi connectivity index (χ1n) is 6.80. The molecule has 0 amide bonds. The fourth-order valence-corrected chi connectivity index (χ4v) is 2.16. The molecule has 1 atom stereocenters. The van der Waals surface area contributed by atoms with Gasteiger partial charge in [-0.25, -0.2) is 4.39 Å². The second-order valence-corrected chi connectivity index (χ2v) is 4.78. The third kappa shape index (κ3) is 3.59. The van der Waals surface area contributed by atoms with E-state index in [2.05, 4.69) is 6.07 Å². The van der Waals surface area contributed by atoms with Gasteiger partial charge in [0.15, 0.2) is 0 Å². The summed E-state index contributed by atoms with van der Waals surface area (Å²) in [6.07, 6.45) is -0.412. The largest absolute Gasteiger partial charge is 0.389 e. The van der Waals surface area contributed by atoms with Crippen LogP contribution in [0.5, 0.6) is 0 Å². The van der Waals surface area contributed by atoms with E-state index in [0.717, 1.165) is 5.69 Å². The lowest BCUT2D eigenvalue weighted by Crippen LogP contribution is -2.19. The number of benzene rings is 2. The number of anilines is 2. The Morgan fingerprint density at radius 3 is 2.52 bits per heavy atom. The molecule has 0 aromatic heterocycles. The highest BCUT2D eigenvalue weighted by molar-refractivity contribution is 5.64. The standard InChI is InChI=1S/C17H17FN2O/c1-13(21)14-8-9-17(16(18)12-14)20(11-5-10-19)15-6-3-2-4-7-15/h2-4,6-9,12-13,21H,5,11H2,1H3/t13-/m0/s1. The first-order chi connectivity index (χ1) is 10.1. The molecule has 0 heterocycles. The molecule has 21 heavy (non-hydrogen) atoms. The molecule has 2 aromatic rings. The van der Waals surface area contributed by atoms with Gasteiger partial charge in [0, 0.05) is 12.2 Å². The highest BCUT2D eigenvalue weighted by atomic mass is 19.1. The third-order valence-electron chi connectivity index (χ3n) is 3.26. The Hall–Kier alpha value is -2.38. The summed E-state index contributed by atoms with van der Waals surface area (Å²) in [4.78, 5) is 1.77. The second-order valence-electron chi connectivity index (χ2n) is 4.78. The van der Waals surface area contributed by atoms with Gasteiger partial charge in [0.05, 0.1) is 24.3 Å². The van der Waals surface area contributed by atoms with Gasteiger partial charge in [-0.05, 0) is 36.8 Å². The van der Waals surface area contributed by atoms with Crippen molar-refractivity contribution in [2.24, 2.45) is 0 Å². The van der Waals surface area contributed by atoms with Crippen molar-refractivity contribution in [3.05, 3.63) is 59.9 Å². The van der Waals surface area contributed by atoms with Crippen LogP contribution >= 0.6 is 0 Å². The van der Waals surface area contributed by atoms with Crippen molar-refractivity contribution in [2.75, 3.05) is 11.4 Å². The van der Waals surface area contributed by atoms with Gasteiger partial charge in [-0.15, -0.1) is 0 Å². The smallest absolute Gasteiger partial charge is 0.147 e. The van der Waals surface area contributed by atoms with Crippen LogP contribution in [0, 0.1) is 17.1 Å². The number of nitrogens with zero attached hydrogens (tertiary/aromatic N) is 2. The third-order valence-corrected chi connectivity index (χ3v) is 3.26. The monoisotopic (exact) mass is 284 g/mol. The first kappa shape index (κ1) is 15.0. The van der Waals surface area contributed by atoms with E-state index in [4.69, 9.17) is 5.26 Å². The van der Waals surface area contributed by atoms with E-state index in [0.29, 0.717) is 24.2 Å². The van der Waals surface area contributed by atoms with Gasteiger partial charge in [-0.3, -0.25) is 0 Å². The Morgan fingerprint density at radius 1 is 1.24 bits per heavy atom. The number of para-hydroxylation sites is 1. The number of aliphatic hydroxyl groups is 1. The number of nitriles is 1. The summed E-state index contributed by atoms with van der Waals surface area (Å²) in [5.41, 5.74) is 1.77. The van der Waals surface area contributed by atoms with E-state index in [-0.39, 0.29) is 0 Å². The number of hydrogen-bond acceptors (Lipinski definition) is 3. The molecule has 0 bridgehead atoms. The van der Waals surface area contributed by atoms with Gasteiger partial charge >= 0.3 is 0 Å². The van der Waals surface area contributed by atoms with Crippen LogP contribution in [0.25, 0.3) is 0 Å². The zero-order chi connectivity index (χ0) is 15.2. The van der Waals surface area contributed by atoms with Crippen molar-refractivity contribution in [3.8, 4) is 6.07 Å². The molecular formula is C17H17FN2O. The van der Waals surface area contributed by atoms with Gasteiger partial charge in [-0.2, -0.15) is 5.26 Å². The minimum Gasteiger partial charge on any atom is -0.389 e. The summed E-state index contributed by atoms with van der Waals surface area (Å²) in [7, 11) is 0. The number of halogens is 1. The molecule has 0 radical (unpaired) electrons. The molecule has 2 aromatic carbocycles. The minimum absolute atomic E-state index is 0.298. The van der Waals surface area contributed by atoms with Crippen molar-refractivity contribution < 1.29 is 9.50 Å². The van der Waals surface area contributed by atoms with Crippen LogP contribution in [0.3, 0.4) is 0 Å². The Bertz CT molecular complexity index is 635. The molecule has 0 unspecified atom stereocenters. The number of rotatable bonds is 5. The Kier molecular flexibility index (Phi) is 4.91. The van der Waals surface area contributed by atoms with E-state index in [1.165, 1.54) is 6.07 Å². The molecule has 0 fully saturated rings. The maximum atomic E-state index is 14.3. The van der Waals surface area contributed by atoms with E-state index in [9.17, 15) is 9.50 Å². The van der Waals surface area contributed by atoms with Crippen molar-refractivity contribution in [2.45, 2.75) is 19.4 Å². The lowest BCUT2D eigenvalue weighted by molar-refractivity contribution is 0.199. The lowest BCUT2D eigenvalue weighted by Gasteiger charge is -2.25. The predicted octanol–water partition coefficient (Wildman–Crippen LogP) is 3.93. The number of aliphatic hydroxyl groups excluding tert-OH is 1. The molecular weight excluding hydrogens is 267 g/mol. The number of hydrogen-bond donors (Lipinski definition) is 1. The van der Waals surface area contributed by atoms with E-state index in [1.807, 2.05) is 30.3 Å². The molecule has 0 aliphatic heterocycles. The Labute approximate surface area is 123 Å². The van der Waals surface area contributed by atoms with Crippen molar-refractivity contribution in [1.82, 2.24) is 0 Å². The molecule has 1 N–H and O–H groups in total. The average molecular weight is 284 g/mol. The molecule has 3 nitrogen and oxygen atoms in total. The van der Waals surface area contributed by atoms with Crippen LogP contribution in [-0.2, 0) is 0 Å². The molecule has 4 heteroatoms. The van der Waals surface area contributed by atoms with Crippen LogP contribution in [0.2, 0.25) is 0 Å². The van der Waals surface area contributed by atoms with Gasteiger partial charge in [0.25, 0.3) is 0 Å². The summed E-state index contributed by atoms with van der Waals surface area (Å²) < 4.78 is 14.3. The van der Waals surface area contributed by atoms with Crippen LogP contribution in [0.4, 0.5) is 15.8 Å². The van der Waals surface area contributed by atoms with Crippen LogP contribution < -0.4 is 4.90 Å². The van der Waals surface area contributed by atoms with Gasteiger partial charge in [0.2, 0.25) is 0 Å². The van der Waals surface area contributed by atoms with Crippen molar-refractivity contribution >= 4 is 11.4 Å². The highest BCUT2D eigenvalue weighted by Crippen LogP contribution is 2.29. The van der Waals surface area contributed by atoms with Gasteiger partial charge in [0.1, 0.15) is 5.82 Å². The van der Waals surface area contributed by atoms with E-state index >= 15 is 0 Å². The fraction of sp³-hybridized carbons (Fsp3) is 0.235. The van der Waals surface area contributed by atoms with Crippen LogP contribution in [0.15, 0.2) is 48.5 Å². The first-order valence-corrected chi connectivity index (χ1v) is 6.80. The molecule has 0 saturated heterocycles. The summed E-state index contributed by atoms with van der Waals surface area (Å²) in [5.74, 6) is -0.407.